The molecule has 1 aliphatic heterocycles. The van der Waals surface area contributed by atoms with Gasteiger partial charge in [-0.15, -0.1) is 0 Å². The molecular weight excluding hydrogens is 511 g/mol. The van der Waals surface area contributed by atoms with Crippen LogP contribution in [0.1, 0.15) is 38.8 Å². The molecule has 5 rings (SSSR count). The first-order valence-corrected chi connectivity index (χ1v) is 12.7. The molecule has 0 bridgehead atoms. The zero-order valence-electron chi connectivity index (χ0n) is 21.7. The Morgan fingerprint density at radius 3 is 2.48 bits per heavy atom. The predicted octanol–water partition coefficient (Wildman–Crippen LogP) is 5.16. The molecule has 3 amide bonds. The molecule has 0 radical (unpaired) electrons. The summed E-state index contributed by atoms with van der Waals surface area (Å²) in [7, 11) is 0. The van der Waals surface area contributed by atoms with E-state index in [1.54, 1.807) is 42.6 Å². The van der Waals surface area contributed by atoms with Gasteiger partial charge in [-0.05, 0) is 66.6 Å². The molecule has 1 saturated heterocycles. The van der Waals surface area contributed by atoms with Crippen LogP contribution in [0.4, 0.5) is 14.9 Å². The first-order valence-electron chi connectivity index (χ1n) is 12.7. The van der Waals surface area contributed by atoms with Gasteiger partial charge in [0, 0.05) is 17.4 Å². The maximum absolute atomic E-state index is 13.6. The third kappa shape index (κ3) is 6.15. The molecule has 2 N–H and O–H groups in total. The number of anilines is 1. The number of pyridine rings is 1. The molecule has 1 aromatic heterocycles. The van der Waals surface area contributed by atoms with Crippen LogP contribution < -0.4 is 10.6 Å². The number of benzene rings is 3. The van der Waals surface area contributed by atoms with E-state index in [9.17, 15) is 18.8 Å². The molecule has 1 aliphatic rings. The van der Waals surface area contributed by atoms with E-state index in [1.165, 1.54) is 29.2 Å². The molecule has 0 spiro atoms. The summed E-state index contributed by atoms with van der Waals surface area (Å²) in [6.07, 6.45) is 0.0933. The third-order valence-corrected chi connectivity index (χ3v) is 6.58. The van der Waals surface area contributed by atoms with Crippen molar-refractivity contribution in [1.29, 1.82) is 0 Å². The molecule has 202 valence electrons. The number of carbonyl (C=O) groups excluding carboxylic acids is 3. The lowest BCUT2D eigenvalue weighted by molar-refractivity contribution is -0.126. The maximum atomic E-state index is 13.6. The minimum Gasteiger partial charge on any atom is -0.438 e. The Morgan fingerprint density at radius 2 is 1.75 bits per heavy atom. The lowest BCUT2D eigenvalue weighted by Crippen LogP contribution is -2.46. The first kappa shape index (κ1) is 26.6. The van der Waals surface area contributed by atoms with Crippen molar-refractivity contribution in [1.82, 2.24) is 15.2 Å². The minimum absolute atomic E-state index is 0.179. The van der Waals surface area contributed by atoms with Gasteiger partial charge in [-0.2, -0.15) is 0 Å². The van der Waals surface area contributed by atoms with Crippen LogP contribution in [-0.4, -0.2) is 33.8 Å². The average molecular weight is 539 g/mol. The molecule has 2 atom stereocenters. The Kier molecular flexibility index (Phi) is 7.82. The summed E-state index contributed by atoms with van der Waals surface area (Å²) in [6.45, 7) is 2.33. The van der Waals surface area contributed by atoms with Gasteiger partial charge in [-0.25, -0.2) is 9.18 Å². The SMILES string of the molecule is Cc1ccc(CN2C(=O)OC(c3cccc(NC(=O)c4ccc(F)cc4)c3)C2C(=O)NCc2ccccn2)cc1. The summed E-state index contributed by atoms with van der Waals surface area (Å²) < 4.78 is 19.0. The van der Waals surface area contributed by atoms with E-state index in [0.717, 1.165) is 11.1 Å². The molecule has 3 aromatic carbocycles. The highest BCUT2D eigenvalue weighted by Gasteiger charge is 2.47. The Bertz CT molecular complexity index is 1510. The number of halogens is 1. The lowest BCUT2D eigenvalue weighted by Gasteiger charge is -2.24. The van der Waals surface area contributed by atoms with Crippen molar-refractivity contribution >= 4 is 23.6 Å². The second-order valence-corrected chi connectivity index (χ2v) is 9.49. The molecule has 4 aromatic rings. The number of aromatic nitrogens is 1. The second kappa shape index (κ2) is 11.8. The number of hydrogen-bond donors (Lipinski definition) is 2. The van der Waals surface area contributed by atoms with E-state index in [4.69, 9.17) is 4.74 Å². The van der Waals surface area contributed by atoms with Crippen molar-refractivity contribution in [3.63, 3.8) is 0 Å². The summed E-state index contributed by atoms with van der Waals surface area (Å²) in [5, 5.41) is 5.66. The van der Waals surface area contributed by atoms with Crippen LogP contribution in [0.3, 0.4) is 0 Å². The van der Waals surface area contributed by atoms with Crippen molar-refractivity contribution in [2.24, 2.45) is 0 Å². The van der Waals surface area contributed by atoms with Crippen LogP contribution in [0.5, 0.6) is 0 Å². The fraction of sp³-hybridized carbons (Fsp3) is 0.161. The molecule has 40 heavy (non-hydrogen) atoms. The fourth-order valence-corrected chi connectivity index (χ4v) is 4.48. The van der Waals surface area contributed by atoms with E-state index in [1.807, 2.05) is 37.3 Å². The summed E-state index contributed by atoms with van der Waals surface area (Å²) in [5.41, 5.74) is 3.87. The van der Waals surface area contributed by atoms with E-state index in [2.05, 4.69) is 15.6 Å². The smallest absolute Gasteiger partial charge is 0.411 e. The second-order valence-electron chi connectivity index (χ2n) is 9.49. The van der Waals surface area contributed by atoms with Crippen LogP contribution >= 0.6 is 0 Å². The van der Waals surface area contributed by atoms with Gasteiger partial charge in [0.15, 0.2) is 12.1 Å². The predicted molar refractivity (Wildman–Crippen MR) is 147 cm³/mol. The summed E-state index contributed by atoms with van der Waals surface area (Å²) in [5.74, 6) is -1.26. The van der Waals surface area contributed by atoms with Gasteiger partial charge in [-0.3, -0.25) is 19.5 Å². The molecule has 0 saturated carbocycles. The molecule has 9 heteroatoms. The van der Waals surface area contributed by atoms with Gasteiger partial charge in [0.25, 0.3) is 5.91 Å². The van der Waals surface area contributed by atoms with Crippen molar-refractivity contribution in [2.75, 3.05) is 5.32 Å². The number of rotatable bonds is 8. The molecule has 0 aliphatic carbocycles. The number of amides is 3. The van der Waals surface area contributed by atoms with Crippen LogP contribution in [0.15, 0.2) is 97.2 Å². The highest BCUT2D eigenvalue weighted by atomic mass is 19.1. The van der Waals surface area contributed by atoms with Gasteiger partial charge in [0.2, 0.25) is 5.91 Å². The van der Waals surface area contributed by atoms with Crippen molar-refractivity contribution in [3.8, 4) is 0 Å². The number of nitrogens with zero attached hydrogens (tertiary/aromatic N) is 2. The van der Waals surface area contributed by atoms with E-state index in [-0.39, 0.29) is 18.7 Å². The topological polar surface area (TPSA) is 101 Å². The number of carbonyl (C=O) groups is 3. The normalized spacial score (nSPS) is 16.4. The van der Waals surface area contributed by atoms with Gasteiger partial charge in [0.05, 0.1) is 18.8 Å². The minimum atomic E-state index is -0.972. The van der Waals surface area contributed by atoms with E-state index in [0.29, 0.717) is 16.9 Å². The first-order chi connectivity index (χ1) is 19.4. The third-order valence-electron chi connectivity index (χ3n) is 6.58. The van der Waals surface area contributed by atoms with Crippen LogP contribution in [-0.2, 0) is 22.6 Å². The van der Waals surface area contributed by atoms with E-state index < -0.39 is 35.9 Å². The molecule has 8 nitrogen and oxygen atoms in total. The van der Waals surface area contributed by atoms with Gasteiger partial charge >= 0.3 is 6.09 Å². The number of hydrogen-bond acceptors (Lipinski definition) is 5. The standard InChI is InChI=1S/C31H27FN4O4/c1-20-8-10-21(11-9-20)19-36-27(30(38)34-18-26-6-2-3-16-33-26)28(40-31(36)39)23-5-4-7-25(17-23)35-29(37)22-12-14-24(32)15-13-22/h2-17,27-28H,18-19H2,1H3,(H,34,38)(H,35,37). The molecule has 2 heterocycles. The van der Waals surface area contributed by atoms with Crippen LogP contribution in [0.25, 0.3) is 0 Å². The highest BCUT2D eigenvalue weighted by Crippen LogP contribution is 2.35. The Hall–Kier alpha value is -5.05. The largest absolute Gasteiger partial charge is 0.438 e. The number of nitrogens with one attached hydrogen (secondary N) is 2. The molecular formula is C31H27FN4O4. The van der Waals surface area contributed by atoms with Crippen molar-refractivity contribution in [3.05, 3.63) is 131 Å². The molecule has 2 unspecified atom stereocenters. The average Bonchev–Trinajstić information content (AvgIpc) is 3.29. The van der Waals surface area contributed by atoms with Gasteiger partial charge in [-0.1, -0.05) is 48.0 Å². The Balaban J connectivity index is 1.40. The van der Waals surface area contributed by atoms with E-state index >= 15 is 0 Å². The zero-order valence-corrected chi connectivity index (χ0v) is 21.7. The summed E-state index contributed by atoms with van der Waals surface area (Å²) >= 11 is 0. The zero-order chi connectivity index (χ0) is 28.1. The Morgan fingerprint density at radius 1 is 0.975 bits per heavy atom. The molecule has 1 fully saturated rings. The number of aryl methyl sites for hydroxylation is 1. The maximum Gasteiger partial charge on any atom is 0.411 e. The lowest BCUT2D eigenvalue weighted by atomic mass is 10.00. The van der Waals surface area contributed by atoms with Crippen LogP contribution in [0, 0.1) is 12.7 Å². The number of cyclic esters (lactones) is 1. The van der Waals surface area contributed by atoms with Crippen molar-refractivity contribution in [2.45, 2.75) is 32.2 Å². The number of ether oxygens (including phenoxy) is 1. The Labute approximate surface area is 230 Å². The van der Waals surface area contributed by atoms with Gasteiger partial charge < -0.3 is 15.4 Å². The summed E-state index contributed by atoms with van der Waals surface area (Å²) in [6, 6.07) is 24.1. The quantitative estimate of drug-likeness (QED) is 0.323. The van der Waals surface area contributed by atoms with Crippen LogP contribution in [0.2, 0.25) is 0 Å². The van der Waals surface area contributed by atoms with Crippen molar-refractivity contribution < 1.29 is 23.5 Å². The summed E-state index contributed by atoms with van der Waals surface area (Å²) in [4.78, 5) is 45.0. The highest BCUT2D eigenvalue weighted by molar-refractivity contribution is 6.04. The fourth-order valence-electron chi connectivity index (χ4n) is 4.48. The monoisotopic (exact) mass is 538 g/mol. The van der Waals surface area contributed by atoms with Gasteiger partial charge in [0.1, 0.15) is 5.82 Å².